The van der Waals surface area contributed by atoms with Crippen LogP contribution in [0.25, 0.3) is 11.0 Å². The molecule has 0 bridgehead atoms. The van der Waals surface area contributed by atoms with Gasteiger partial charge in [0.15, 0.2) is 0 Å². The van der Waals surface area contributed by atoms with Crippen LogP contribution in [0.15, 0.2) is 35.9 Å². The van der Waals surface area contributed by atoms with Crippen LogP contribution in [0.2, 0.25) is 0 Å². The lowest BCUT2D eigenvalue weighted by Crippen LogP contribution is -2.17. The topological polar surface area (TPSA) is 29.9 Å². The first kappa shape index (κ1) is 12.4. The summed E-state index contributed by atoms with van der Waals surface area (Å²) < 4.78 is 2.18. The molecule has 0 amide bonds. The molecule has 0 spiro atoms. The number of benzene rings is 1. The summed E-state index contributed by atoms with van der Waals surface area (Å²) in [5.41, 5.74) is 3.91. The molecule has 3 heteroatoms. The predicted octanol–water partition coefficient (Wildman–Crippen LogP) is 3.16. The quantitative estimate of drug-likeness (QED) is 0.657. The van der Waals surface area contributed by atoms with E-state index < -0.39 is 0 Å². The van der Waals surface area contributed by atoms with Crippen molar-refractivity contribution in [2.75, 3.05) is 6.54 Å². The fourth-order valence-corrected chi connectivity index (χ4v) is 2.77. The van der Waals surface area contributed by atoms with Crippen molar-refractivity contribution >= 4 is 11.0 Å². The molecule has 1 aliphatic carbocycles. The van der Waals surface area contributed by atoms with E-state index in [9.17, 15) is 0 Å². The number of aromatic nitrogens is 2. The van der Waals surface area contributed by atoms with Gasteiger partial charge in [0.25, 0.3) is 0 Å². The van der Waals surface area contributed by atoms with E-state index >= 15 is 0 Å². The van der Waals surface area contributed by atoms with Gasteiger partial charge in [0.05, 0.1) is 17.6 Å². The highest BCUT2D eigenvalue weighted by Gasteiger charge is 2.07. The number of nitrogens with zero attached hydrogens (tertiary/aromatic N) is 2. The molecule has 2 aromatic rings. The van der Waals surface area contributed by atoms with E-state index in [4.69, 9.17) is 0 Å². The average molecular weight is 255 g/mol. The van der Waals surface area contributed by atoms with Crippen molar-refractivity contribution < 1.29 is 0 Å². The number of aryl methyl sites for hydroxylation is 1. The lowest BCUT2D eigenvalue weighted by Gasteiger charge is -2.05. The molecule has 0 saturated heterocycles. The van der Waals surface area contributed by atoms with E-state index in [1.165, 1.54) is 31.2 Å². The molecule has 1 aromatic heterocycles. The summed E-state index contributed by atoms with van der Waals surface area (Å²) >= 11 is 0. The number of para-hydroxylation sites is 2. The minimum absolute atomic E-state index is 0.846. The molecule has 3 nitrogen and oxygen atoms in total. The second-order valence-electron chi connectivity index (χ2n) is 5.26. The monoisotopic (exact) mass is 255 g/mol. The molecule has 0 aliphatic heterocycles. The van der Waals surface area contributed by atoms with Gasteiger partial charge < -0.3 is 9.88 Å². The summed E-state index contributed by atoms with van der Waals surface area (Å²) in [5, 5.41) is 3.51. The van der Waals surface area contributed by atoms with Crippen molar-refractivity contribution in [3.05, 3.63) is 41.7 Å². The summed E-state index contributed by atoms with van der Waals surface area (Å²) in [6.07, 6.45) is 7.51. The van der Waals surface area contributed by atoms with E-state index in [2.05, 4.69) is 46.2 Å². The van der Waals surface area contributed by atoms with Gasteiger partial charge in [-0.15, -0.1) is 0 Å². The molecule has 3 rings (SSSR count). The summed E-state index contributed by atoms with van der Waals surface area (Å²) in [6.45, 7) is 1.90. The fourth-order valence-electron chi connectivity index (χ4n) is 2.77. The highest BCUT2D eigenvalue weighted by atomic mass is 15.1. The summed E-state index contributed by atoms with van der Waals surface area (Å²) in [4.78, 5) is 4.67. The minimum atomic E-state index is 0.846. The number of allylic oxidation sites excluding steroid dienone is 1. The number of rotatable bonds is 5. The Kier molecular flexibility index (Phi) is 3.65. The maximum Gasteiger partial charge on any atom is 0.123 e. The number of hydrogen-bond donors (Lipinski definition) is 1. The summed E-state index contributed by atoms with van der Waals surface area (Å²) in [5.74, 6) is 1.11. The van der Waals surface area contributed by atoms with Gasteiger partial charge >= 0.3 is 0 Å². The fraction of sp³-hybridized carbons (Fsp3) is 0.438. The standard InChI is InChI=1S/C16H21N3/c1-19-15-9-5-4-8-14(15)18-16(19)12-17-11-10-13-6-2-3-7-13/h4-6,8-9,17H,2-3,7,10-12H2,1H3. The molecule has 0 saturated carbocycles. The van der Waals surface area contributed by atoms with Crippen LogP contribution in [0, 0.1) is 0 Å². The third-order valence-corrected chi connectivity index (χ3v) is 3.92. The third kappa shape index (κ3) is 2.71. The molecule has 1 aromatic carbocycles. The summed E-state index contributed by atoms with van der Waals surface area (Å²) in [7, 11) is 2.09. The summed E-state index contributed by atoms with van der Waals surface area (Å²) in [6, 6.07) is 8.30. The molecule has 0 unspecified atom stereocenters. The first-order chi connectivity index (χ1) is 9.34. The molecule has 100 valence electrons. The van der Waals surface area contributed by atoms with E-state index in [1.54, 1.807) is 5.57 Å². The number of nitrogens with one attached hydrogen (secondary N) is 1. The number of hydrogen-bond acceptors (Lipinski definition) is 2. The molecule has 0 fully saturated rings. The van der Waals surface area contributed by atoms with E-state index in [0.29, 0.717) is 0 Å². The van der Waals surface area contributed by atoms with Gasteiger partial charge in [-0.1, -0.05) is 23.8 Å². The van der Waals surface area contributed by atoms with Crippen LogP contribution in [-0.4, -0.2) is 16.1 Å². The zero-order chi connectivity index (χ0) is 13.1. The minimum Gasteiger partial charge on any atom is -0.330 e. The van der Waals surface area contributed by atoms with Crippen LogP contribution in [-0.2, 0) is 13.6 Å². The molecule has 1 heterocycles. The highest BCUT2D eigenvalue weighted by molar-refractivity contribution is 5.75. The van der Waals surface area contributed by atoms with Crippen LogP contribution in [0.4, 0.5) is 0 Å². The third-order valence-electron chi connectivity index (χ3n) is 3.92. The van der Waals surface area contributed by atoms with Crippen molar-refractivity contribution in [3.63, 3.8) is 0 Å². The molecule has 1 N–H and O–H groups in total. The first-order valence-electron chi connectivity index (χ1n) is 7.13. The Hall–Kier alpha value is -1.61. The van der Waals surface area contributed by atoms with Crippen molar-refractivity contribution in [2.45, 2.75) is 32.2 Å². The van der Waals surface area contributed by atoms with Gasteiger partial charge in [-0.3, -0.25) is 0 Å². The SMILES string of the molecule is Cn1c(CNCCC2=CCCC2)nc2ccccc21. The molecule has 0 atom stereocenters. The van der Waals surface area contributed by atoms with Gasteiger partial charge in [-0.2, -0.15) is 0 Å². The molecular weight excluding hydrogens is 234 g/mol. The smallest absolute Gasteiger partial charge is 0.123 e. The Morgan fingerprint density at radius 2 is 2.21 bits per heavy atom. The number of imidazole rings is 1. The van der Waals surface area contributed by atoms with Crippen LogP contribution < -0.4 is 5.32 Å². The first-order valence-corrected chi connectivity index (χ1v) is 7.13. The predicted molar refractivity (Wildman–Crippen MR) is 79.0 cm³/mol. The lowest BCUT2D eigenvalue weighted by atomic mass is 10.2. The molecular formula is C16H21N3. The lowest BCUT2D eigenvalue weighted by molar-refractivity contribution is 0.636. The van der Waals surface area contributed by atoms with Gasteiger partial charge in [0.2, 0.25) is 0 Å². The average Bonchev–Trinajstić information content (AvgIpc) is 3.04. The van der Waals surface area contributed by atoms with E-state index in [-0.39, 0.29) is 0 Å². The van der Waals surface area contributed by atoms with Crippen molar-refractivity contribution in [2.24, 2.45) is 7.05 Å². The Balaban J connectivity index is 1.57. The van der Waals surface area contributed by atoms with Crippen LogP contribution in [0.3, 0.4) is 0 Å². The highest BCUT2D eigenvalue weighted by Crippen LogP contribution is 2.20. The number of fused-ring (bicyclic) bond motifs is 1. The zero-order valence-corrected chi connectivity index (χ0v) is 11.5. The largest absolute Gasteiger partial charge is 0.330 e. The van der Waals surface area contributed by atoms with Crippen molar-refractivity contribution in [1.82, 2.24) is 14.9 Å². The maximum atomic E-state index is 4.67. The van der Waals surface area contributed by atoms with Gasteiger partial charge in [-0.25, -0.2) is 4.98 Å². The van der Waals surface area contributed by atoms with Gasteiger partial charge in [0, 0.05) is 7.05 Å². The van der Waals surface area contributed by atoms with Gasteiger partial charge in [-0.05, 0) is 44.4 Å². The van der Waals surface area contributed by atoms with Gasteiger partial charge in [0.1, 0.15) is 5.82 Å². The van der Waals surface area contributed by atoms with E-state index in [0.717, 1.165) is 24.4 Å². The zero-order valence-electron chi connectivity index (χ0n) is 11.5. The Labute approximate surface area is 114 Å². The Morgan fingerprint density at radius 1 is 1.32 bits per heavy atom. The van der Waals surface area contributed by atoms with Crippen LogP contribution >= 0.6 is 0 Å². The van der Waals surface area contributed by atoms with Crippen LogP contribution in [0.5, 0.6) is 0 Å². The van der Waals surface area contributed by atoms with E-state index in [1.807, 2.05) is 6.07 Å². The molecule has 1 aliphatic rings. The van der Waals surface area contributed by atoms with Crippen molar-refractivity contribution in [1.29, 1.82) is 0 Å². The second kappa shape index (κ2) is 5.57. The Morgan fingerprint density at radius 3 is 3.00 bits per heavy atom. The second-order valence-corrected chi connectivity index (χ2v) is 5.26. The normalized spacial score (nSPS) is 15.1. The maximum absolute atomic E-state index is 4.67. The molecule has 0 radical (unpaired) electrons. The molecule has 19 heavy (non-hydrogen) atoms. The Bertz CT molecular complexity index is 595. The van der Waals surface area contributed by atoms with Crippen molar-refractivity contribution in [3.8, 4) is 0 Å². The van der Waals surface area contributed by atoms with Crippen LogP contribution in [0.1, 0.15) is 31.5 Å².